The standard InChI is InChI=1S/C12H15BrFNO2/c1-9(13)6-15-7-10(16)8-17-12-5-3-2-4-11(12)14/h2-5,10,15-16H,1,6-8H2. The van der Waals surface area contributed by atoms with Crippen LogP contribution in [0.5, 0.6) is 5.75 Å². The molecule has 0 saturated carbocycles. The van der Waals surface area contributed by atoms with E-state index in [9.17, 15) is 9.50 Å². The molecule has 2 N–H and O–H groups in total. The van der Waals surface area contributed by atoms with Crippen molar-refractivity contribution in [1.29, 1.82) is 0 Å². The van der Waals surface area contributed by atoms with Crippen molar-refractivity contribution in [2.75, 3.05) is 19.7 Å². The third-order valence-electron chi connectivity index (χ3n) is 1.96. The maximum Gasteiger partial charge on any atom is 0.165 e. The minimum atomic E-state index is -0.693. The predicted octanol–water partition coefficient (Wildman–Crippen LogP) is 2.06. The Labute approximate surface area is 108 Å². The molecule has 0 spiro atoms. The number of halogens is 2. The van der Waals surface area contributed by atoms with Gasteiger partial charge in [0.25, 0.3) is 0 Å². The van der Waals surface area contributed by atoms with Crippen molar-refractivity contribution in [3.05, 3.63) is 41.1 Å². The number of hydrogen-bond acceptors (Lipinski definition) is 3. The Kier molecular flexibility index (Phi) is 6.18. The Balaban J connectivity index is 2.26. The first kappa shape index (κ1) is 14.2. The van der Waals surface area contributed by atoms with Crippen LogP contribution in [0.1, 0.15) is 0 Å². The fourth-order valence-corrected chi connectivity index (χ4v) is 1.38. The highest BCUT2D eigenvalue weighted by molar-refractivity contribution is 9.11. The van der Waals surface area contributed by atoms with E-state index in [4.69, 9.17) is 4.74 Å². The van der Waals surface area contributed by atoms with Crippen LogP contribution < -0.4 is 10.1 Å². The lowest BCUT2D eigenvalue weighted by atomic mass is 10.3. The highest BCUT2D eigenvalue weighted by Crippen LogP contribution is 2.15. The molecule has 1 atom stereocenters. The van der Waals surface area contributed by atoms with Crippen molar-refractivity contribution >= 4 is 15.9 Å². The molecule has 0 fully saturated rings. The summed E-state index contributed by atoms with van der Waals surface area (Å²) < 4.78 is 19.1. The summed E-state index contributed by atoms with van der Waals surface area (Å²) in [7, 11) is 0. The summed E-state index contributed by atoms with van der Waals surface area (Å²) in [5.74, 6) is -0.280. The molecule has 0 heterocycles. The third-order valence-corrected chi connectivity index (χ3v) is 2.25. The van der Waals surface area contributed by atoms with Gasteiger partial charge < -0.3 is 15.2 Å². The number of hydrogen-bond donors (Lipinski definition) is 2. The quantitative estimate of drug-likeness (QED) is 0.810. The summed E-state index contributed by atoms with van der Waals surface area (Å²) in [5.41, 5.74) is 0. The Bertz CT molecular complexity index is 373. The van der Waals surface area contributed by atoms with Gasteiger partial charge in [0.05, 0.1) is 0 Å². The molecule has 0 radical (unpaired) electrons. The summed E-state index contributed by atoms with van der Waals surface area (Å²) in [6.45, 7) is 4.62. The molecule has 0 amide bonds. The zero-order chi connectivity index (χ0) is 12.7. The molecule has 0 aliphatic heterocycles. The van der Waals surface area contributed by atoms with Gasteiger partial charge in [0.2, 0.25) is 0 Å². The van der Waals surface area contributed by atoms with Gasteiger partial charge in [-0.2, -0.15) is 0 Å². The van der Waals surface area contributed by atoms with E-state index < -0.39 is 11.9 Å². The Morgan fingerprint density at radius 1 is 1.53 bits per heavy atom. The molecule has 0 aliphatic carbocycles. The van der Waals surface area contributed by atoms with Crippen LogP contribution in [0.3, 0.4) is 0 Å². The minimum Gasteiger partial charge on any atom is -0.488 e. The Morgan fingerprint density at radius 3 is 2.88 bits per heavy atom. The zero-order valence-electron chi connectivity index (χ0n) is 9.33. The van der Waals surface area contributed by atoms with Crippen LogP contribution in [0.15, 0.2) is 35.3 Å². The van der Waals surface area contributed by atoms with Crippen molar-refractivity contribution in [1.82, 2.24) is 5.32 Å². The lowest BCUT2D eigenvalue weighted by molar-refractivity contribution is 0.105. The largest absolute Gasteiger partial charge is 0.488 e. The van der Waals surface area contributed by atoms with E-state index in [2.05, 4.69) is 27.8 Å². The highest BCUT2D eigenvalue weighted by atomic mass is 79.9. The van der Waals surface area contributed by atoms with Crippen molar-refractivity contribution in [3.8, 4) is 5.75 Å². The maximum absolute atomic E-state index is 13.2. The fraction of sp³-hybridized carbons (Fsp3) is 0.333. The molecule has 1 rings (SSSR count). The Morgan fingerprint density at radius 2 is 2.24 bits per heavy atom. The minimum absolute atomic E-state index is 0.0443. The summed E-state index contributed by atoms with van der Waals surface area (Å²) in [6, 6.07) is 6.10. The van der Waals surface area contributed by atoms with Gasteiger partial charge in [0.15, 0.2) is 11.6 Å². The zero-order valence-corrected chi connectivity index (χ0v) is 10.9. The second kappa shape index (κ2) is 7.42. The van der Waals surface area contributed by atoms with Gasteiger partial charge in [-0.15, -0.1) is 0 Å². The summed E-state index contributed by atoms with van der Waals surface area (Å²) >= 11 is 3.19. The maximum atomic E-state index is 13.2. The molecular formula is C12H15BrFNO2. The van der Waals surface area contributed by atoms with Gasteiger partial charge in [-0.25, -0.2) is 4.39 Å². The molecule has 1 unspecified atom stereocenters. The number of ether oxygens (including phenoxy) is 1. The van der Waals surface area contributed by atoms with Gasteiger partial charge in [-0.3, -0.25) is 0 Å². The molecular weight excluding hydrogens is 289 g/mol. The first-order valence-corrected chi connectivity index (χ1v) is 5.98. The van der Waals surface area contributed by atoms with E-state index in [0.717, 1.165) is 4.48 Å². The third kappa shape index (κ3) is 5.81. The van der Waals surface area contributed by atoms with Crippen LogP contribution in [0, 0.1) is 5.82 Å². The second-order valence-electron chi connectivity index (χ2n) is 3.54. The number of benzene rings is 1. The van der Waals surface area contributed by atoms with Crippen molar-refractivity contribution in [2.45, 2.75) is 6.10 Å². The van der Waals surface area contributed by atoms with Crippen LogP contribution in [0.25, 0.3) is 0 Å². The normalized spacial score (nSPS) is 12.2. The molecule has 1 aromatic rings. The van der Waals surface area contributed by atoms with Crippen LogP contribution >= 0.6 is 15.9 Å². The molecule has 0 aromatic heterocycles. The predicted molar refractivity (Wildman–Crippen MR) is 68.8 cm³/mol. The van der Waals surface area contributed by atoms with Gasteiger partial charge in [0.1, 0.15) is 12.7 Å². The van der Waals surface area contributed by atoms with E-state index >= 15 is 0 Å². The number of para-hydroxylation sites is 1. The molecule has 5 heteroatoms. The van der Waals surface area contributed by atoms with Gasteiger partial charge in [0, 0.05) is 17.6 Å². The van der Waals surface area contributed by atoms with E-state index in [-0.39, 0.29) is 12.4 Å². The number of aliphatic hydroxyl groups is 1. The topological polar surface area (TPSA) is 41.5 Å². The van der Waals surface area contributed by atoms with Gasteiger partial charge >= 0.3 is 0 Å². The lowest BCUT2D eigenvalue weighted by Gasteiger charge is -2.13. The summed E-state index contributed by atoms with van der Waals surface area (Å²) in [5, 5.41) is 12.5. The number of nitrogens with one attached hydrogen (secondary N) is 1. The summed E-state index contributed by atoms with van der Waals surface area (Å²) in [6.07, 6.45) is -0.693. The van der Waals surface area contributed by atoms with E-state index in [1.165, 1.54) is 12.1 Å². The van der Waals surface area contributed by atoms with Crippen molar-refractivity contribution < 1.29 is 14.2 Å². The second-order valence-corrected chi connectivity index (χ2v) is 4.66. The van der Waals surface area contributed by atoms with Crippen LogP contribution in [0.2, 0.25) is 0 Å². The molecule has 3 nitrogen and oxygen atoms in total. The molecule has 17 heavy (non-hydrogen) atoms. The van der Waals surface area contributed by atoms with E-state index in [0.29, 0.717) is 13.1 Å². The monoisotopic (exact) mass is 303 g/mol. The fourth-order valence-electron chi connectivity index (χ4n) is 1.18. The Hall–Kier alpha value is -0.910. The smallest absolute Gasteiger partial charge is 0.165 e. The molecule has 0 aliphatic rings. The average molecular weight is 304 g/mol. The highest BCUT2D eigenvalue weighted by Gasteiger charge is 2.07. The van der Waals surface area contributed by atoms with Crippen molar-refractivity contribution in [3.63, 3.8) is 0 Å². The van der Waals surface area contributed by atoms with Crippen LogP contribution in [-0.2, 0) is 0 Å². The summed E-state index contributed by atoms with van der Waals surface area (Å²) in [4.78, 5) is 0. The molecule has 0 saturated heterocycles. The molecule has 1 aromatic carbocycles. The first-order valence-electron chi connectivity index (χ1n) is 5.19. The lowest BCUT2D eigenvalue weighted by Crippen LogP contribution is -2.32. The molecule has 0 bridgehead atoms. The van der Waals surface area contributed by atoms with E-state index in [1.54, 1.807) is 12.1 Å². The SMILES string of the molecule is C=C(Br)CNCC(O)COc1ccccc1F. The van der Waals surface area contributed by atoms with Crippen LogP contribution in [-0.4, -0.2) is 30.9 Å². The van der Waals surface area contributed by atoms with Crippen LogP contribution in [0.4, 0.5) is 4.39 Å². The van der Waals surface area contributed by atoms with Crippen molar-refractivity contribution in [2.24, 2.45) is 0 Å². The van der Waals surface area contributed by atoms with Gasteiger partial charge in [-0.1, -0.05) is 34.6 Å². The first-order chi connectivity index (χ1) is 8.09. The van der Waals surface area contributed by atoms with E-state index in [1.807, 2.05) is 0 Å². The molecule has 94 valence electrons. The van der Waals surface area contributed by atoms with Gasteiger partial charge in [-0.05, 0) is 12.1 Å². The average Bonchev–Trinajstić information content (AvgIpc) is 2.27. The number of aliphatic hydroxyl groups excluding tert-OH is 1. The number of rotatable bonds is 7.